The van der Waals surface area contributed by atoms with Crippen molar-refractivity contribution in [2.45, 2.75) is 20.3 Å². The van der Waals surface area contributed by atoms with Crippen molar-refractivity contribution >= 4 is 17.5 Å². The summed E-state index contributed by atoms with van der Waals surface area (Å²) in [7, 11) is 1.59. The number of nitrogens with zero attached hydrogens (tertiary/aromatic N) is 1. The second-order valence-electron chi connectivity index (χ2n) is 6.32. The van der Waals surface area contributed by atoms with Crippen LogP contribution < -0.4 is 10.1 Å². The van der Waals surface area contributed by atoms with Crippen LogP contribution in [0.1, 0.15) is 23.1 Å². The Balaban J connectivity index is 1.80. The SMILES string of the molecule is C#Cc1cccc(NC(=O)CN(C)C(=O)CCOc2cccc(C)c2C)c1. The van der Waals surface area contributed by atoms with Crippen LogP contribution in [-0.4, -0.2) is 36.9 Å². The first-order valence-corrected chi connectivity index (χ1v) is 8.70. The molecule has 27 heavy (non-hydrogen) atoms. The summed E-state index contributed by atoms with van der Waals surface area (Å²) in [4.78, 5) is 25.7. The molecule has 2 aromatic rings. The summed E-state index contributed by atoms with van der Waals surface area (Å²) < 4.78 is 5.70. The molecule has 0 atom stereocenters. The Morgan fingerprint density at radius 1 is 1.19 bits per heavy atom. The Hall–Kier alpha value is -3.26. The third kappa shape index (κ3) is 5.89. The number of nitrogens with one attached hydrogen (secondary N) is 1. The van der Waals surface area contributed by atoms with Gasteiger partial charge < -0.3 is 15.0 Å². The van der Waals surface area contributed by atoms with E-state index in [-0.39, 0.29) is 31.4 Å². The molecule has 2 aromatic carbocycles. The van der Waals surface area contributed by atoms with E-state index < -0.39 is 0 Å². The van der Waals surface area contributed by atoms with Crippen LogP contribution >= 0.6 is 0 Å². The molecule has 0 aliphatic rings. The number of amides is 2. The van der Waals surface area contributed by atoms with Gasteiger partial charge in [0.25, 0.3) is 0 Å². The molecule has 0 aliphatic carbocycles. The van der Waals surface area contributed by atoms with Crippen LogP contribution in [0.15, 0.2) is 42.5 Å². The van der Waals surface area contributed by atoms with Gasteiger partial charge in [0.05, 0.1) is 19.6 Å². The molecule has 0 saturated carbocycles. The highest BCUT2D eigenvalue weighted by Crippen LogP contribution is 2.20. The van der Waals surface area contributed by atoms with Gasteiger partial charge in [-0.1, -0.05) is 24.1 Å². The lowest BCUT2D eigenvalue weighted by Crippen LogP contribution is -2.35. The highest BCUT2D eigenvalue weighted by Gasteiger charge is 2.13. The topological polar surface area (TPSA) is 58.6 Å². The lowest BCUT2D eigenvalue weighted by atomic mass is 10.1. The molecule has 2 rings (SSSR count). The summed E-state index contributed by atoms with van der Waals surface area (Å²) in [5.74, 6) is 2.85. The minimum Gasteiger partial charge on any atom is -0.493 e. The van der Waals surface area contributed by atoms with Crippen LogP contribution in [0.3, 0.4) is 0 Å². The summed E-state index contributed by atoms with van der Waals surface area (Å²) >= 11 is 0. The average molecular weight is 364 g/mol. The molecular weight excluding hydrogens is 340 g/mol. The fourth-order valence-corrected chi connectivity index (χ4v) is 2.51. The molecule has 0 aromatic heterocycles. The number of rotatable bonds is 7. The third-order valence-electron chi connectivity index (χ3n) is 4.25. The molecule has 1 N–H and O–H groups in total. The van der Waals surface area contributed by atoms with Crippen molar-refractivity contribution in [2.24, 2.45) is 0 Å². The van der Waals surface area contributed by atoms with Crippen molar-refractivity contribution in [3.8, 4) is 18.1 Å². The molecule has 0 radical (unpaired) electrons. The first-order valence-electron chi connectivity index (χ1n) is 8.70. The van der Waals surface area contributed by atoms with Gasteiger partial charge in [0.2, 0.25) is 11.8 Å². The average Bonchev–Trinajstić information content (AvgIpc) is 2.65. The standard InChI is InChI=1S/C22H24N2O3/c1-5-18-9-7-10-19(14-18)23-21(25)15-24(4)22(26)12-13-27-20-11-6-8-16(2)17(20)3/h1,6-11,14H,12-13,15H2,2-4H3,(H,23,25). The molecule has 0 aliphatic heterocycles. The molecule has 0 spiro atoms. The van der Waals surface area contributed by atoms with Gasteiger partial charge in [0.1, 0.15) is 5.75 Å². The number of carbonyl (C=O) groups is 2. The smallest absolute Gasteiger partial charge is 0.243 e. The predicted octanol–water partition coefficient (Wildman–Crippen LogP) is 3.15. The minimum absolute atomic E-state index is 0.0391. The van der Waals surface area contributed by atoms with E-state index in [1.165, 1.54) is 4.90 Å². The van der Waals surface area contributed by atoms with Crippen LogP contribution in [0, 0.1) is 26.2 Å². The molecule has 0 saturated heterocycles. The maximum absolute atomic E-state index is 12.2. The van der Waals surface area contributed by atoms with Gasteiger partial charge in [-0.15, -0.1) is 6.42 Å². The molecule has 0 heterocycles. The molecule has 5 heteroatoms. The number of aryl methyl sites for hydroxylation is 1. The van der Waals surface area contributed by atoms with Crippen LogP contribution in [0.5, 0.6) is 5.75 Å². The Morgan fingerprint density at radius 3 is 2.67 bits per heavy atom. The third-order valence-corrected chi connectivity index (χ3v) is 4.25. The Bertz CT molecular complexity index is 868. The van der Waals surface area contributed by atoms with E-state index >= 15 is 0 Å². The van der Waals surface area contributed by atoms with Gasteiger partial charge in [-0.25, -0.2) is 0 Å². The summed E-state index contributed by atoms with van der Waals surface area (Å²) in [5.41, 5.74) is 3.49. The van der Waals surface area contributed by atoms with Crippen molar-refractivity contribution in [2.75, 3.05) is 25.5 Å². The van der Waals surface area contributed by atoms with Crippen LogP contribution in [0.4, 0.5) is 5.69 Å². The summed E-state index contributed by atoms with van der Waals surface area (Å²) in [5, 5.41) is 2.74. The van der Waals surface area contributed by atoms with Crippen molar-refractivity contribution < 1.29 is 14.3 Å². The maximum Gasteiger partial charge on any atom is 0.243 e. The second-order valence-corrected chi connectivity index (χ2v) is 6.32. The summed E-state index contributed by atoms with van der Waals surface area (Å²) in [6, 6.07) is 12.8. The largest absolute Gasteiger partial charge is 0.493 e. The molecule has 5 nitrogen and oxygen atoms in total. The molecule has 0 bridgehead atoms. The van der Waals surface area contributed by atoms with E-state index in [1.54, 1.807) is 31.3 Å². The number of anilines is 1. The number of hydrogen-bond acceptors (Lipinski definition) is 3. The van der Waals surface area contributed by atoms with Crippen molar-refractivity contribution in [3.63, 3.8) is 0 Å². The first kappa shape index (κ1) is 20.1. The number of carbonyl (C=O) groups excluding carboxylic acids is 2. The Kier molecular flexibility index (Phi) is 7.01. The Labute approximate surface area is 160 Å². The fourth-order valence-electron chi connectivity index (χ4n) is 2.51. The van der Waals surface area contributed by atoms with Gasteiger partial charge in [-0.2, -0.15) is 0 Å². The fraction of sp³-hybridized carbons (Fsp3) is 0.273. The number of terminal acetylenes is 1. The summed E-state index contributed by atoms with van der Waals surface area (Å²) in [6.07, 6.45) is 5.55. The van der Waals surface area contributed by atoms with E-state index in [2.05, 4.69) is 11.2 Å². The Morgan fingerprint density at radius 2 is 1.93 bits per heavy atom. The van der Waals surface area contributed by atoms with Crippen molar-refractivity contribution in [3.05, 3.63) is 59.2 Å². The second kappa shape index (κ2) is 9.44. The van der Waals surface area contributed by atoms with E-state index in [9.17, 15) is 9.59 Å². The van der Waals surface area contributed by atoms with E-state index in [1.807, 2.05) is 32.0 Å². The van der Waals surface area contributed by atoms with Gasteiger partial charge >= 0.3 is 0 Å². The maximum atomic E-state index is 12.2. The molecular formula is C22H24N2O3. The molecule has 140 valence electrons. The van der Waals surface area contributed by atoms with Gasteiger partial charge in [0.15, 0.2) is 0 Å². The van der Waals surface area contributed by atoms with E-state index in [0.717, 1.165) is 16.9 Å². The molecule has 0 unspecified atom stereocenters. The monoisotopic (exact) mass is 364 g/mol. The zero-order valence-electron chi connectivity index (χ0n) is 15.9. The van der Waals surface area contributed by atoms with Crippen LogP contribution in [0.25, 0.3) is 0 Å². The van der Waals surface area contributed by atoms with Gasteiger partial charge in [-0.3, -0.25) is 9.59 Å². The van der Waals surface area contributed by atoms with E-state index in [0.29, 0.717) is 11.3 Å². The zero-order chi connectivity index (χ0) is 19.8. The normalized spacial score (nSPS) is 10.0. The number of likely N-dealkylation sites (N-methyl/N-ethyl adjacent to an activating group) is 1. The van der Waals surface area contributed by atoms with E-state index in [4.69, 9.17) is 11.2 Å². The molecule has 0 fully saturated rings. The van der Waals surface area contributed by atoms with Crippen molar-refractivity contribution in [1.29, 1.82) is 0 Å². The highest BCUT2D eigenvalue weighted by atomic mass is 16.5. The summed E-state index contributed by atoms with van der Waals surface area (Å²) in [6.45, 7) is 4.22. The highest BCUT2D eigenvalue weighted by molar-refractivity contribution is 5.94. The van der Waals surface area contributed by atoms with Crippen molar-refractivity contribution in [1.82, 2.24) is 4.90 Å². The quantitative estimate of drug-likeness (QED) is 0.768. The number of benzene rings is 2. The zero-order valence-corrected chi connectivity index (χ0v) is 15.9. The lowest BCUT2D eigenvalue weighted by Gasteiger charge is -2.17. The number of ether oxygens (including phenoxy) is 1. The predicted molar refractivity (Wildman–Crippen MR) is 107 cm³/mol. The number of hydrogen-bond donors (Lipinski definition) is 1. The molecule has 2 amide bonds. The minimum atomic E-state index is -0.282. The van der Waals surface area contributed by atoms with Gasteiger partial charge in [0, 0.05) is 18.3 Å². The van der Waals surface area contributed by atoms with Crippen LogP contribution in [-0.2, 0) is 9.59 Å². The van der Waals surface area contributed by atoms with Crippen LogP contribution in [0.2, 0.25) is 0 Å². The van der Waals surface area contributed by atoms with Gasteiger partial charge in [-0.05, 0) is 49.2 Å². The first-order chi connectivity index (χ1) is 12.9. The lowest BCUT2D eigenvalue weighted by molar-refractivity contribution is -0.133.